The van der Waals surface area contributed by atoms with E-state index in [1.165, 1.54) is 4.90 Å². The van der Waals surface area contributed by atoms with E-state index >= 15 is 0 Å². The third-order valence-corrected chi connectivity index (χ3v) is 3.00. The van der Waals surface area contributed by atoms with Gasteiger partial charge in [-0.05, 0) is 20.8 Å². The van der Waals surface area contributed by atoms with Crippen molar-refractivity contribution in [2.75, 3.05) is 19.6 Å². The first-order valence-electron chi connectivity index (χ1n) is 6.94. The number of carbonyl (C=O) groups excluding carboxylic acids is 2. The van der Waals surface area contributed by atoms with Crippen molar-refractivity contribution in [3.63, 3.8) is 0 Å². The van der Waals surface area contributed by atoms with Crippen LogP contribution in [0.2, 0.25) is 0 Å². The van der Waals surface area contributed by atoms with Crippen LogP contribution in [0.15, 0.2) is 4.52 Å². The van der Waals surface area contributed by atoms with Crippen LogP contribution in [0.3, 0.4) is 0 Å². The first-order chi connectivity index (χ1) is 9.42. The molecule has 2 amide bonds. The SMILES string of the molecule is CCNC(=O)CN(CC)C(=O)c1c(C)noc1C(C)C. The zero-order chi connectivity index (χ0) is 15.3. The molecule has 0 radical (unpaired) electrons. The van der Waals surface area contributed by atoms with Crippen molar-refractivity contribution in [2.45, 2.75) is 40.5 Å². The van der Waals surface area contributed by atoms with Crippen molar-refractivity contribution in [3.8, 4) is 0 Å². The topological polar surface area (TPSA) is 75.4 Å². The summed E-state index contributed by atoms with van der Waals surface area (Å²) in [6.45, 7) is 10.4. The Hall–Kier alpha value is -1.85. The van der Waals surface area contributed by atoms with Gasteiger partial charge in [-0.2, -0.15) is 0 Å². The predicted molar refractivity (Wildman–Crippen MR) is 75.6 cm³/mol. The van der Waals surface area contributed by atoms with Crippen LogP contribution in [0, 0.1) is 6.92 Å². The van der Waals surface area contributed by atoms with Crippen molar-refractivity contribution in [1.29, 1.82) is 0 Å². The van der Waals surface area contributed by atoms with Gasteiger partial charge in [0, 0.05) is 19.0 Å². The highest BCUT2D eigenvalue weighted by molar-refractivity contribution is 5.98. The van der Waals surface area contributed by atoms with Crippen LogP contribution in [0.1, 0.15) is 55.4 Å². The highest BCUT2D eigenvalue weighted by Gasteiger charge is 2.26. The van der Waals surface area contributed by atoms with Crippen LogP contribution in [0.4, 0.5) is 0 Å². The van der Waals surface area contributed by atoms with E-state index in [4.69, 9.17) is 4.52 Å². The molecule has 0 aliphatic carbocycles. The van der Waals surface area contributed by atoms with Crippen LogP contribution >= 0.6 is 0 Å². The minimum absolute atomic E-state index is 0.0470. The average Bonchev–Trinajstić information content (AvgIpc) is 2.77. The summed E-state index contributed by atoms with van der Waals surface area (Å²) in [7, 11) is 0. The Morgan fingerprint density at radius 2 is 2.00 bits per heavy atom. The predicted octanol–water partition coefficient (Wildman–Crippen LogP) is 1.70. The molecular weight excluding hydrogens is 258 g/mol. The molecule has 0 atom stereocenters. The Morgan fingerprint density at radius 3 is 2.50 bits per heavy atom. The summed E-state index contributed by atoms with van der Waals surface area (Å²) in [4.78, 5) is 25.7. The van der Waals surface area contributed by atoms with Crippen molar-refractivity contribution < 1.29 is 14.1 Å². The van der Waals surface area contributed by atoms with E-state index in [0.29, 0.717) is 30.1 Å². The van der Waals surface area contributed by atoms with Gasteiger partial charge in [0.05, 0.1) is 12.2 Å². The van der Waals surface area contributed by atoms with Crippen molar-refractivity contribution in [2.24, 2.45) is 0 Å². The van der Waals surface area contributed by atoms with Crippen LogP contribution < -0.4 is 5.32 Å². The number of carbonyl (C=O) groups is 2. The van der Waals surface area contributed by atoms with Gasteiger partial charge in [0.1, 0.15) is 5.56 Å². The maximum atomic E-state index is 12.6. The number of rotatable bonds is 6. The van der Waals surface area contributed by atoms with Gasteiger partial charge in [-0.15, -0.1) is 0 Å². The zero-order valence-electron chi connectivity index (χ0n) is 12.8. The second kappa shape index (κ2) is 7.07. The van der Waals surface area contributed by atoms with Crippen molar-refractivity contribution in [3.05, 3.63) is 17.0 Å². The fourth-order valence-corrected chi connectivity index (χ4v) is 1.95. The van der Waals surface area contributed by atoms with Gasteiger partial charge < -0.3 is 14.7 Å². The van der Waals surface area contributed by atoms with Gasteiger partial charge >= 0.3 is 0 Å². The lowest BCUT2D eigenvalue weighted by atomic mass is 10.0. The highest BCUT2D eigenvalue weighted by Crippen LogP contribution is 2.23. The third-order valence-electron chi connectivity index (χ3n) is 3.00. The summed E-state index contributed by atoms with van der Waals surface area (Å²) in [5, 5.41) is 6.56. The van der Waals surface area contributed by atoms with E-state index in [1.54, 1.807) is 6.92 Å². The molecule has 6 heteroatoms. The molecule has 0 fully saturated rings. The number of hydrogen-bond acceptors (Lipinski definition) is 4. The normalized spacial score (nSPS) is 10.7. The van der Waals surface area contributed by atoms with E-state index in [9.17, 15) is 9.59 Å². The molecule has 0 aliphatic heterocycles. The van der Waals surface area contributed by atoms with E-state index in [2.05, 4.69) is 10.5 Å². The summed E-state index contributed by atoms with van der Waals surface area (Å²) in [5.41, 5.74) is 1.04. The van der Waals surface area contributed by atoms with Gasteiger partial charge in [0.2, 0.25) is 5.91 Å². The third kappa shape index (κ3) is 3.59. The maximum absolute atomic E-state index is 12.6. The quantitative estimate of drug-likeness (QED) is 0.861. The summed E-state index contributed by atoms with van der Waals surface area (Å²) in [6, 6.07) is 0. The molecule has 0 spiro atoms. The lowest BCUT2D eigenvalue weighted by molar-refractivity contribution is -0.121. The van der Waals surface area contributed by atoms with Crippen LogP contribution in [0.5, 0.6) is 0 Å². The summed E-state index contributed by atoms with van der Waals surface area (Å²) < 4.78 is 5.23. The van der Waals surface area contributed by atoms with E-state index < -0.39 is 0 Å². The number of aryl methyl sites for hydroxylation is 1. The monoisotopic (exact) mass is 281 g/mol. The Kier molecular flexibility index (Phi) is 5.73. The first kappa shape index (κ1) is 16.2. The summed E-state index contributed by atoms with van der Waals surface area (Å²) in [6.07, 6.45) is 0. The number of nitrogens with zero attached hydrogens (tertiary/aromatic N) is 2. The Morgan fingerprint density at radius 1 is 1.35 bits per heavy atom. The zero-order valence-corrected chi connectivity index (χ0v) is 12.8. The van der Waals surface area contributed by atoms with Gasteiger partial charge in [-0.3, -0.25) is 9.59 Å². The Labute approximate surface area is 119 Å². The number of nitrogens with one attached hydrogen (secondary N) is 1. The molecule has 0 saturated heterocycles. The van der Waals surface area contributed by atoms with Crippen molar-refractivity contribution in [1.82, 2.24) is 15.4 Å². The molecule has 0 bridgehead atoms. The minimum atomic E-state index is -0.207. The molecule has 1 aromatic heterocycles. The molecule has 0 aromatic carbocycles. The first-order valence-corrected chi connectivity index (χ1v) is 6.94. The maximum Gasteiger partial charge on any atom is 0.259 e. The molecule has 1 aromatic rings. The molecule has 1 N–H and O–H groups in total. The fourth-order valence-electron chi connectivity index (χ4n) is 1.95. The Balaban J connectivity index is 2.97. The molecule has 20 heavy (non-hydrogen) atoms. The fraction of sp³-hybridized carbons (Fsp3) is 0.643. The van der Waals surface area contributed by atoms with Gasteiger partial charge in [-0.25, -0.2) is 0 Å². The van der Waals surface area contributed by atoms with Crippen LogP contribution in [-0.2, 0) is 4.79 Å². The molecule has 1 rings (SSSR count). The van der Waals surface area contributed by atoms with E-state index in [0.717, 1.165) is 0 Å². The van der Waals surface area contributed by atoms with Crippen LogP contribution in [-0.4, -0.2) is 41.5 Å². The average molecular weight is 281 g/mol. The van der Waals surface area contributed by atoms with Gasteiger partial charge in [0.25, 0.3) is 5.91 Å². The second-order valence-electron chi connectivity index (χ2n) is 4.93. The second-order valence-corrected chi connectivity index (χ2v) is 4.93. The Bertz CT molecular complexity index is 480. The van der Waals surface area contributed by atoms with E-state index in [-0.39, 0.29) is 24.3 Å². The molecule has 0 saturated carbocycles. The lowest BCUT2D eigenvalue weighted by Crippen LogP contribution is -2.41. The standard InChI is InChI=1S/C14H23N3O3/c1-6-15-11(18)8-17(7-2)14(19)12-10(5)16-20-13(12)9(3)4/h9H,6-8H2,1-5H3,(H,15,18). The minimum Gasteiger partial charge on any atom is -0.360 e. The lowest BCUT2D eigenvalue weighted by Gasteiger charge is -2.20. The smallest absolute Gasteiger partial charge is 0.259 e. The molecule has 112 valence electrons. The van der Waals surface area contributed by atoms with Gasteiger partial charge in [-0.1, -0.05) is 19.0 Å². The van der Waals surface area contributed by atoms with Crippen LogP contribution in [0.25, 0.3) is 0 Å². The molecule has 1 heterocycles. The molecule has 6 nitrogen and oxygen atoms in total. The molecular formula is C14H23N3O3. The number of likely N-dealkylation sites (N-methyl/N-ethyl adjacent to an activating group) is 2. The number of amides is 2. The summed E-state index contributed by atoms with van der Waals surface area (Å²) >= 11 is 0. The van der Waals surface area contributed by atoms with Gasteiger partial charge in [0.15, 0.2) is 5.76 Å². The molecule has 0 aliphatic rings. The summed E-state index contributed by atoms with van der Waals surface area (Å²) in [5.74, 6) is 0.268. The molecule has 0 unspecified atom stereocenters. The highest BCUT2D eigenvalue weighted by atomic mass is 16.5. The largest absolute Gasteiger partial charge is 0.360 e. The number of hydrogen-bond donors (Lipinski definition) is 1. The number of aromatic nitrogens is 1. The van der Waals surface area contributed by atoms with E-state index in [1.807, 2.05) is 27.7 Å². The van der Waals surface area contributed by atoms with Crippen molar-refractivity contribution >= 4 is 11.8 Å².